The van der Waals surface area contributed by atoms with Gasteiger partial charge in [-0.25, -0.2) is 4.98 Å². The summed E-state index contributed by atoms with van der Waals surface area (Å²) in [5.74, 6) is 0.428. The molecule has 4 N–H and O–H groups in total. The lowest BCUT2D eigenvalue weighted by molar-refractivity contribution is -0.141. The van der Waals surface area contributed by atoms with Crippen LogP contribution in [0, 0.1) is 0 Å². The zero-order chi connectivity index (χ0) is 32.8. The number of aryl methyl sites for hydroxylation is 1. The first-order chi connectivity index (χ1) is 22.0. The molecule has 2 aliphatic rings. The van der Waals surface area contributed by atoms with Gasteiger partial charge < -0.3 is 30.7 Å². The Morgan fingerprint density at radius 3 is 1.80 bits per heavy atom. The molecule has 2 aromatic carbocycles. The minimum absolute atomic E-state index is 0.120. The van der Waals surface area contributed by atoms with Crippen LogP contribution in [0.15, 0.2) is 66.9 Å². The van der Waals surface area contributed by atoms with Crippen molar-refractivity contribution in [2.45, 2.75) is 18.4 Å². The Morgan fingerprint density at radius 2 is 1.35 bits per heavy atom. The summed E-state index contributed by atoms with van der Waals surface area (Å²) in [6, 6.07) is 16.9. The molecule has 0 saturated carbocycles. The van der Waals surface area contributed by atoms with Gasteiger partial charge in [0.25, 0.3) is 11.8 Å². The molecule has 242 valence electrons. The van der Waals surface area contributed by atoms with Gasteiger partial charge in [-0.1, -0.05) is 23.2 Å². The third kappa shape index (κ3) is 8.46. The Morgan fingerprint density at radius 1 is 0.826 bits per heavy atom. The number of aromatic nitrogens is 3. The monoisotopic (exact) mass is 677 g/mol. The zero-order valence-electron chi connectivity index (χ0n) is 24.2. The van der Waals surface area contributed by atoms with Gasteiger partial charge in [-0.3, -0.25) is 14.3 Å². The van der Waals surface area contributed by atoms with Gasteiger partial charge in [0.1, 0.15) is 39.6 Å². The molecule has 0 radical (unpaired) electrons. The van der Waals surface area contributed by atoms with Crippen molar-refractivity contribution < 1.29 is 32.2 Å². The number of carbonyl (C=O) groups excluding carboxylic acids is 2. The van der Waals surface area contributed by atoms with E-state index >= 15 is 0 Å². The molecule has 0 aliphatic carbocycles. The van der Waals surface area contributed by atoms with Crippen LogP contribution in [0.1, 0.15) is 26.5 Å². The predicted molar refractivity (Wildman–Crippen MR) is 166 cm³/mol. The molecule has 4 aromatic rings. The highest BCUT2D eigenvalue weighted by molar-refractivity contribution is 6.34. The Hall–Kier alpha value is -4.37. The van der Waals surface area contributed by atoms with Gasteiger partial charge in [-0.05, 0) is 60.7 Å². The van der Waals surface area contributed by atoms with Crippen LogP contribution in [0.2, 0.25) is 10.2 Å². The van der Waals surface area contributed by atoms with E-state index < -0.39 is 22.8 Å². The van der Waals surface area contributed by atoms with E-state index in [1.54, 1.807) is 60.7 Å². The first-order valence-corrected chi connectivity index (χ1v) is 14.7. The van der Waals surface area contributed by atoms with E-state index in [0.29, 0.717) is 27.8 Å². The highest BCUT2D eigenvalue weighted by atomic mass is 35.5. The van der Waals surface area contributed by atoms with Gasteiger partial charge in [-0.15, -0.1) is 0 Å². The molecular weight excluding hydrogens is 650 g/mol. The van der Waals surface area contributed by atoms with Crippen molar-refractivity contribution in [3.8, 4) is 11.5 Å². The number of alkyl halides is 3. The third-order valence-corrected chi connectivity index (χ3v) is 7.36. The van der Waals surface area contributed by atoms with E-state index in [-0.39, 0.29) is 23.8 Å². The summed E-state index contributed by atoms with van der Waals surface area (Å²) in [5.41, 5.74) is -0.0984. The number of amides is 2. The Labute approximate surface area is 271 Å². The number of nitrogens with zero attached hydrogens (tertiary/aromatic N) is 3. The van der Waals surface area contributed by atoms with Crippen molar-refractivity contribution in [3.63, 3.8) is 0 Å². The molecule has 46 heavy (non-hydrogen) atoms. The molecule has 6 rings (SSSR count). The fourth-order valence-electron chi connectivity index (χ4n) is 4.15. The summed E-state index contributed by atoms with van der Waals surface area (Å²) < 4.78 is 50.6. The summed E-state index contributed by atoms with van der Waals surface area (Å²) in [5, 5.41) is 14.4. The summed E-state index contributed by atoms with van der Waals surface area (Å²) in [4.78, 5) is 28.2. The average Bonchev–Trinajstić information content (AvgIpc) is 3.29. The molecule has 0 spiro atoms. The number of hydrogen-bond donors (Lipinski definition) is 4. The number of halogens is 5. The highest BCUT2D eigenvalue weighted by Gasteiger charge is 2.39. The van der Waals surface area contributed by atoms with Crippen molar-refractivity contribution >= 4 is 46.4 Å². The molecule has 0 unspecified atom stereocenters. The number of carbonyl (C=O) groups is 2. The second kappa shape index (κ2) is 14.4. The molecule has 4 heterocycles. The lowest BCUT2D eigenvalue weighted by Gasteiger charge is -2.27. The van der Waals surface area contributed by atoms with Crippen molar-refractivity contribution in [3.05, 3.63) is 94.0 Å². The molecule has 16 heteroatoms. The number of pyridine rings is 1. The SMILES string of the molecule is Cn1nc(C(F)(F)F)c(Cl)c1C(=O)Nc1ccc(OC2CNC2)cc1.O=C(Nc1ccc(Cl)nc1)c1ccc(OC2CNC2)cc1. The molecule has 0 atom stereocenters. The van der Waals surface area contributed by atoms with Crippen LogP contribution in [0.3, 0.4) is 0 Å². The molecule has 2 fully saturated rings. The highest BCUT2D eigenvalue weighted by Crippen LogP contribution is 2.35. The van der Waals surface area contributed by atoms with Gasteiger partial charge in [0.05, 0.1) is 11.9 Å². The van der Waals surface area contributed by atoms with Gasteiger partial charge >= 0.3 is 6.18 Å². The summed E-state index contributed by atoms with van der Waals surface area (Å²) in [6.07, 6.45) is -2.87. The van der Waals surface area contributed by atoms with E-state index in [0.717, 1.165) is 36.6 Å². The lowest BCUT2D eigenvalue weighted by atomic mass is 10.2. The van der Waals surface area contributed by atoms with Crippen LogP contribution in [0.5, 0.6) is 11.5 Å². The van der Waals surface area contributed by atoms with E-state index in [4.69, 9.17) is 32.7 Å². The fourth-order valence-corrected chi connectivity index (χ4v) is 4.61. The molecule has 2 amide bonds. The van der Waals surface area contributed by atoms with Crippen molar-refractivity contribution in [1.82, 2.24) is 25.4 Å². The van der Waals surface area contributed by atoms with Gasteiger partial charge in [0.15, 0.2) is 5.69 Å². The van der Waals surface area contributed by atoms with Crippen LogP contribution < -0.4 is 30.7 Å². The maximum absolute atomic E-state index is 12.8. The Balaban J connectivity index is 0.000000184. The standard InChI is InChI=1S/C15H14ClF3N4O2.C15H14ClN3O2/c1-23-12(11(16)13(22-23)15(17,18)19)14(24)21-8-2-4-9(5-3-8)25-10-6-20-7-10;16-14-6-3-11(7-18-14)19-15(20)10-1-4-12(5-2-10)21-13-8-17-9-13/h2-5,10,20H,6-7H2,1H3,(H,21,24);1-7,13,17H,8-9H2,(H,19,20). The second-order valence-electron chi connectivity index (χ2n) is 10.3. The maximum atomic E-state index is 12.8. The number of anilines is 2. The first-order valence-electron chi connectivity index (χ1n) is 13.9. The topological polar surface area (TPSA) is 131 Å². The van der Waals surface area contributed by atoms with Crippen LogP contribution in [0.4, 0.5) is 24.5 Å². The van der Waals surface area contributed by atoms with Gasteiger partial charge in [-0.2, -0.15) is 18.3 Å². The number of nitrogens with one attached hydrogen (secondary N) is 4. The van der Waals surface area contributed by atoms with Gasteiger partial charge in [0, 0.05) is 44.5 Å². The van der Waals surface area contributed by atoms with Crippen molar-refractivity contribution in [2.75, 3.05) is 36.8 Å². The minimum atomic E-state index is -4.73. The average molecular weight is 678 g/mol. The largest absolute Gasteiger partial charge is 0.488 e. The predicted octanol–water partition coefficient (Wildman–Crippen LogP) is 5.03. The number of ether oxygens (including phenoxy) is 2. The molecule has 11 nitrogen and oxygen atoms in total. The smallest absolute Gasteiger partial charge is 0.436 e. The first kappa shape index (κ1) is 33.0. The fraction of sp³-hybridized carbons (Fsp3) is 0.267. The minimum Gasteiger partial charge on any atom is -0.488 e. The third-order valence-electron chi connectivity index (χ3n) is 6.78. The van der Waals surface area contributed by atoms with Crippen LogP contribution in [-0.4, -0.2) is 65.0 Å². The molecule has 2 aromatic heterocycles. The number of benzene rings is 2. The summed E-state index contributed by atoms with van der Waals surface area (Å²) in [7, 11) is 1.22. The summed E-state index contributed by atoms with van der Waals surface area (Å²) >= 11 is 11.4. The lowest BCUT2D eigenvalue weighted by Crippen LogP contribution is -2.50. The Kier molecular flexibility index (Phi) is 10.3. The van der Waals surface area contributed by atoms with E-state index in [2.05, 4.69) is 31.3 Å². The maximum Gasteiger partial charge on any atom is 0.436 e. The second-order valence-corrected chi connectivity index (χ2v) is 11.0. The van der Waals surface area contributed by atoms with Crippen LogP contribution >= 0.6 is 23.2 Å². The number of hydrogen-bond acceptors (Lipinski definition) is 8. The van der Waals surface area contributed by atoms with Gasteiger partial charge in [0.2, 0.25) is 0 Å². The number of rotatable bonds is 8. The van der Waals surface area contributed by atoms with E-state index in [9.17, 15) is 22.8 Å². The molecular formula is C30H28Cl2F3N7O4. The quantitative estimate of drug-likeness (QED) is 0.191. The Bertz CT molecular complexity index is 1660. The molecule has 0 bridgehead atoms. The van der Waals surface area contributed by atoms with Crippen molar-refractivity contribution in [1.29, 1.82) is 0 Å². The van der Waals surface area contributed by atoms with Crippen LogP contribution in [0.25, 0.3) is 0 Å². The van der Waals surface area contributed by atoms with E-state index in [1.807, 2.05) is 0 Å². The molecule has 2 saturated heterocycles. The molecule has 2 aliphatic heterocycles. The van der Waals surface area contributed by atoms with Crippen LogP contribution in [-0.2, 0) is 13.2 Å². The summed E-state index contributed by atoms with van der Waals surface area (Å²) in [6.45, 7) is 3.29. The normalized spacial score (nSPS) is 14.7. The zero-order valence-corrected chi connectivity index (χ0v) is 25.7. The van der Waals surface area contributed by atoms with E-state index in [1.165, 1.54) is 13.2 Å². The van der Waals surface area contributed by atoms with Crippen molar-refractivity contribution in [2.24, 2.45) is 7.05 Å².